The molecular weight excluding hydrogens is 288 g/mol. The van der Waals surface area contributed by atoms with Gasteiger partial charge in [0.25, 0.3) is 0 Å². The summed E-state index contributed by atoms with van der Waals surface area (Å²) in [4.78, 5) is 17.8. The van der Waals surface area contributed by atoms with E-state index >= 15 is 0 Å². The van der Waals surface area contributed by atoms with Crippen molar-refractivity contribution in [1.29, 1.82) is 0 Å². The van der Waals surface area contributed by atoms with E-state index in [-0.39, 0.29) is 5.41 Å². The molecule has 2 unspecified atom stereocenters. The summed E-state index contributed by atoms with van der Waals surface area (Å²) in [5.41, 5.74) is 0.958. The number of hydrogen-bond donors (Lipinski definition) is 0. The Morgan fingerprint density at radius 3 is 2.48 bits per heavy atom. The average molecular weight is 314 g/mol. The number of morpholine rings is 1. The van der Waals surface area contributed by atoms with Crippen LogP contribution in [0, 0.1) is 5.92 Å². The number of carbonyl (C=O) groups is 1. The Balaban J connectivity index is 1.55. The van der Waals surface area contributed by atoms with E-state index in [1.54, 1.807) is 0 Å². The number of carbonyl (C=O) groups excluding carboxylic acids is 1. The van der Waals surface area contributed by atoms with Gasteiger partial charge in [0.15, 0.2) is 0 Å². The predicted molar refractivity (Wildman–Crippen MR) is 89.3 cm³/mol. The highest BCUT2D eigenvalue weighted by Crippen LogP contribution is 2.56. The van der Waals surface area contributed by atoms with Crippen LogP contribution in [0.4, 0.5) is 0 Å². The molecule has 4 heteroatoms. The van der Waals surface area contributed by atoms with Crippen molar-refractivity contribution in [1.82, 2.24) is 9.80 Å². The fourth-order valence-corrected chi connectivity index (χ4v) is 4.32. The lowest BCUT2D eigenvalue weighted by Crippen LogP contribution is -2.42. The van der Waals surface area contributed by atoms with Crippen LogP contribution < -0.4 is 0 Å². The van der Waals surface area contributed by atoms with Gasteiger partial charge < -0.3 is 9.64 Å². The molecule has 4 rings (SSSR count). The summed E-state index contributed by atoms with van der Waals surface area (Å²) >= 11 is 0. The zero-order chi connectivity index (χ0) is 15.7. The third-order valence-electron chi connectivity index (χ3n) is 5.75. The summed E-state index contributed by atoms with van der Waals surface area (Å²) in [7, 11) is 0. The van der Waals surface area contributed by atoms with Crippen LogP contribution in [0.15, 0.2) is 30.3 Å². The van der Waals surface area contributed by atoms with Gasteiger partial charge in [-0.2, -0.15) is 0 Å². The summed E-state index contributed by atoms with van der Waals surface area (Å²) in [6, 6.07) is 10.5. The normalized spacial score (nSPS) is 31.3. The molecule has 2 atom stereocenters. The highest BCUT2D eigenvalue weighted by atomic mass is 16.5. The third-order valence-corrected chi connectivity index (χ3v) is 5.75. The summed E-state index contributed by atoms with van der Waals surface area (Å²) in [5, 5.41) is 0. The first-order valence-electron chi connectivity index (χ1n) is 8.96. The largest absolute Gasteiger partial charge is 0.379 e. The minimum atomic E-state index is -0.260. The molecule has 23 heavy (non-hydrogen) atoms. The molecular formula is C19H26N2O2. The van der Waals surface area contributed by atoms with Crippen LogP contribution in [0.1, 0.15) is 24.8 Å². The maximum Gasteiger partial charge on any atom is 0.233 e. The lowest BCUT2D eigenvalue weighted by molar-refractivity contribution is -0.133. The first-order chi connectivity index (χ1) is 11.3. The van der Waals surface area contributed by atoms with Crippen molar-refractivity contribution in [3.63, 3.8) is 0 Å². The van der Waals surface area contributed by atoms with E-state index in [0.29, 0.717) is 11.8 Å². The van der Waals surface area contributed by atoms with Gasteiger partial charge >= 0.3 is 0 Å². The van der Waals surface area contributed by atoms with Crippen molar-refractivity contribution in [3.05, 3.63) is 35.9 Å². The molecule has 1 amide bonds. The molecule has 0 spiro atoms. The van der Waals surface area contributed by atoms with Crippen LogP contribution in [0.3, 0.4) is 0 Å². The predicted octanol–water partition coefficient (Wildman–Crippen LogP) is 1.90. The van der Waals surface area contributed by atoms with E-state index in [1.807, 2.05) is 6.07 Å². The van der Waals surface area contributed by atoms with Crippen LogP contribution in [-0.2, 0) is 14.9 Å². The Hall–Kier alpha value is -1.39. The van der Waals surface area contributed by atoms with Crippen molar-refractivity contribution in [3.8, 4) is 0 Å². The minimum Gasteiger partial charge on any atom is -0.379 e. The molecule has 1 aromatic rings. The highest BCUT2D eigenvalue weighted by molar-refractivity contribution is 5.92. The second-order valence-electron chi connectivity index (χ2n) is 7.15. The van der Waals surface area contributed by atoms with E-state index < -0.39 is 0 Å². The van der Waals surface area contributed by atoms with Gasteiger partial charge in [0.2, 0.25) is 5.91 Å². The Kier molecular flexibility index (Phi) is 4.12. The second kappa shape index (κ2) is 6.25. The monoisotopic (exact) mass is 314 g/mol. The van der Waals surface area contributed by atoms with Crippen LogP contribution in [-0.4, -0.2) is 61.6 Å². The fourth-order valence-electron chi connectivity index (χ4n) is 4.32. The Bertz CT molecular complexity index is 550. The molecule has 2 heterocycles. The van der Waals surface area contributed by atoms with E-state index in [1.165, 1.54) is 5.56 Å². The standard InChI is InChI=1S/C19H26N2O2/c22-18(21-8-4-5-9-21)19(16-6-2-1-3-7-16)14-17(19)15-20-10-12-23-13-11-20/h1-3,6-7,17H,4-5,8-15H2. The second-order valence-corrected chi connectivity index (χ2v) is 7.15. The number of benzene rings is 1. The summed E-state index contributed by atoms with van der Waals surface area (Å²) in [6.07, 6.45) is 3.32. The molecule has 2 aliphatic heterocycles. The van der Waals surface area contributed by atoms with E-state index in [2.05, 4.69) is 34.1 Å². The maximum absolute atomic E-state index is 13.3. The lowest BCUT2D eigenvalue weighted by Gasteiger charge is -2.29. The zero-order valence-electron chi connectivity index (χ0n) is 13.7. The molecule has 0 N–H and O–H groups in total. The number of ether oxygens (including phenoxy) is 1. The number of hydrogen-bond acceptors (Lipinski definition) is 3. The summed E-state index contributed by atoms with van der Waals surface area (Å²) in [6.45, 7) is 6.56. The van der Waals surface area contributed by atoms with Crippen LogP contribution in [0.25, 0.3) is 0 Å². The molecule has 0 radical (unpaired) electrons. The lowest BCUT2D eigenvalue weighted by atomic mass is 9.91. The molecule has 3 aliphatic rings. The van der Waals surface area contributed by atoms with Gasteiger partial charge in [0.1, 0.15) is 0 Å². The van der Waals surface area contributed by atoms with Gasteiger partial charge in [-0.15, -0.1) is 0 Å². The zero-order valence-corrected chi connectivity index (χ0v) is 13.7. The molecule has 3 fully saturated rings. The fraction of sp³-hybridized carbons (Fsp3) is 0.632. The first-order valence-corrected chi connectivity index (χ1v) is 8.96. The van der Waals surface area contributed by atoms with Crippen LogP contribution in [0.2, 0.25) is 0 Å². The molecule has 2 saturated heterocycles. The molecule has 1 aromatic carbocycles. The van der Waals surface area contributed by atoms with Gasteiger partial charge in [0.05, 0.1) is 18.6 Å². The quantitative estimate of drug-likeness (QED) is 0.851. The van der Waals surface area contributed by atoms with Crippen molar-refractivity contribution >= 4 is 5.91 Å². The van der Waals surface area contributed by atoms with Gasteiger partial charge in [-0.25, -0.2) is 0 Å². The third kappa shape index (κ3) is 2.79. The SMILES string of the molecule is O=C(N1CCCC1)C1(c2ccccc2)CC1CN1CCOCC1. The summed E-state index contributed by atoms with van der Waals surface area (Å²) < 4.78 is 5.45. The molecule has 124 valence electrons. The van der Waals surface area contributed by atoms with Crippen molar-refractivity contribution < 1.29 is 9.53 Å². The summed E-state index contributed by atoms with van der Waals surface area (Å²) in [5.74, 6) is 0.829. The number of nitrogens with zero attached hydrogens (tertiary/aromatic N) is 2. The van der Waals surface area contributed by atoms with Gasteiger partial charge in [-0.1, -0.05) is 30.3 Å². The Labute approximate surface area is 138 Å². The average Bonchev–Trinajstić information content (AvgIpc) is 3.07. The van der Waals surface area contributed by atoms with Gasteiger partial charge in [0, 0.05) is 32.7 Å². The van der Waals surface area contributed by atoms with Gasteiger partial charge in [-0.3, -0.25) is 9.69 Å². The van der Waals surface area contributed by atoms with Gasteiger partial charge in [-0.05, 0) is 30.7 Å². The molecule has 1 saturated carbocycles. The molecule has 0 aromatic heterocycles. The van der Waals surface area contributed by atoms with Crippen LogP contribution >= 0.6 is 0 Å². The smallest absolute Gasteiger partial charge is 0.233 e. The first kappa shape index (κ1) is 15.2. The van der Waals surface area contributed by atoms with Crippen molar-refractivity contribution in [2.75, 3.05) is 45.9 Å². The van der Waals surface area contributed by atoms with Crippen molar-refractivity contribution in [2.45, 2.75) is 24.7 Å². The highest BCUT2D eigenvalue weighted by Gasteiger charge is 2.62. The van der Waals surface area contributed by atoms with E-state index in [4.69, 9.17) is 4.74 Å². The van der Waals surface area contributed by atoms with E-state index in [0.717, 1.165) is 65.2 Å². The van der Waals surface area contributed by atoms with E-state index in [9.17, 15) is 4.79 Å². The van der Waals surface area contributed by atoms with Crippen LogP contribution in [0.5, 0.6) is 0 Å². The topological polar surface area (TPSA) is 32.8 Å². The molecule has 0 bridgehead atoms. The molecule has 1 aliphatic carbocycles. The Morgan fingerprint density at radius 2 is 1.78 bits per heavy atom. The Morgan fingerprint density at radius 1 is 1.09 bits per heavy atom. The maximum atomic E-state index is 13.3. The minimum absolute atomic E-state index is 0.260. The number of amides is 1. The molecule has 4 nitrogen and oxygen atoms in total. The number of likely N-dealkylation sites (tertiary alicyclic amines) is 1. The number of rotatable bonds is 4. The van der Waals surface area contributed by atoms with Crippen molar-refractivity contribution in [2.24, 2.45) is 5.92 Å².